The maximum absolute atomic E-state index is 13.0. The summed E-state index contributed by atoms with van der Waals surface area (Å²) in [7, 11) is 0. The van der Waals surface area contributed by atoms with E-state index in [1.807, 2.05) is 4.90 Å². The maximum atomic E-state index is 13.0. The number of pyridine rings is 1. The van der Waals surface area contributed by atoms with E-state index in [2.05, 4.69) is 22.2 Å². The fraction of sp³-hybridized carbons (Fsp3) is 0.375. The summed E-state index contributed by atoms with van der Waals surface area (Å²) >= 11 is 0. The molecule has 116 valence electrons. The van der Waals surface area contributed by atoms with Gasteiger partial charge in [0.1, 0.15) is 29.2 Å². The lowest BCUT2D eigenvalue weighted by Crippen LogP contribution is -2.35. The van der Waals surface area contributed by atoms with Crippen LogP contribution in [0.4, 0.5) is 11.5 Å². The Labute approximate surface area is 132 Å². The molecule has 23 heavy (non-hydrogen) atoms. The van der Waals surface area contributed by atoms with Crippen molar-refractivity contribution in [1.82, 2.24) is 19.4 Å². The number of aromatic nitrogens is 3. The number of carbonyl (C=O) groups is 1. The van der Waals surface area contributed by atoms with Crippen LogP contribution in [0.15, 0.2) is 35.5 Å². The summed E-state index contributed by atoms with van der Waals surface area (Å²) in [4.78, 5) is 35.4. The molecule has 1 amide bonds. The molecular formula is C16H15N5O2. The number of nitrogens with one attached hydrogen (secondary N) is 1. The van der Waals surface area contributed by atoms with Gasteiger partial charge in [-0.3, -0.25) is 14.2 Å². The van der Waals surface area contributed by atoms with Crippen LogP contribution in [0.2, 0.25) is 0 Å². The second-order valence-electron chi connectivity index (χ2n) is 6.58. The molecule has 4 heterocycles. The Bertz CT molecular complexity index is 908. The molecule has 7 nitrogen and oxygen atoms in total. The summed E-state index contributed by atoms with van der Waals surface area (Å²) in [5.41, 5.74) is 0.108. The van der Waals surface area contributed by atoms with E-state index in [0.717, 1.165) is 19.3 Å². The number of fused-ring (bicyclic) bond motifs is 2. The average Bonchev–Trinajstić information content (AvgIpc) is 2.79. The van der Waals surface area contributed by atoms with Crippen molar-refractivity contribution in [2.75, 3.05) is 5.32 Å². The molecule has 2 aromatic heterocycles. The predicted molar refractivity (Wildman–Crippen MR) is 82.4 cm³/mol. The van der Waals surface area contributed by atoms with Crippen LogP contribution in [0.1, 0.15) is 36.7 Å². The van der Waals surface area contributed by atoms with E-state index < -0.39 is 5.66 Å². The van der Waals surface area contributed by atoms with Crippen LogP contribution < -0.4 is 10.9 Å². The highest BCUT2D eigenvalue weighted by Crippen LogP contribution is 2.68. The third-order valence-corrected chi connectivity index (χ3v) is 5.58. The van der Waals surface area contributed by atoms with Gasteiger partial charge in [-0.05, 0) is 44.4 Å². The van der Waals surface area contributed by atoms with Gasteiger partial charge in [-0.2, -0.15) is 0 Å². The lowest BCUT2D eigenvalue weighted by molar-refractivity contribution is 0.0841. The quantitative estimate of drug-likeness (QED) is 0.849. The molecule has 0 bridgehead atoms. The standard InChI is InChI=1S/C16H15N5O2/c1-15-6-2-7-16(15)20-11(14(23)21(15)16)4-3-10(13(20)22)19-12-5-8-17-9-18-12/h3-5,8-9H,2,6-7H2,1H3,(H,17,18,19). The highest BCUT2D eigenvalue weighted by Gasteiger charge is 2.81. The Balaban J connectivity index is 1.66. The minimum absolute atomic E-state index is 0.0297. The zero-order valence-corrected chi connectivity index (χ0v) is 12.6. The lowest BCUT2D eigenvalue weighted by atomic mass is 10.0. The maximum Gasteiger partial charge on any atom is 0.276 e. The first-order chi connectivity index (χ1) is 11.1. The molecule has 0 aromatic carbocycles. The van der Waals surface area contributed by atoms with E-state index in [0.29, 0.717) is 17.2 Å². The molecule has 5 rings (SSSR count). The van der Waals surface area contributed by atoms with E-state index >= 15 is 0 Å². The third-order valence-electron chi connectivity index (χ3n) is 5.58. The molecule has 1 saturated carbocycles. The summed E-state index contributed by atoms with van der Waals surface area (Å²) in [6.07, 6.45) is 5.87. The molecule has 2 fully saturated rings. The normalized spacial score (nSPS) is 30.0. The SMILES string of the molecule is CC12CCCC13N2C(=O)c1ccc(Nc2ccncn2)c(=O)n13. The van der Waals surface area contributed by atoms with Crippen molar-refractivity contribution in [3.8, 4) is 0 Å². The number of piperidine rings is 1. The third kappa shape index (κ3) is 1.28. The van der Waals surface area contributed by atoms with Crippen molar-refractivity contribution in [1.29, 1.82) is 0 Å². The summed E-state index contributed by atoms with van der Waals surface area (Å²) in [5.74, 6) is 0.527. The summed E-state index contributed by atoms with van der Waals surface area (Å²) in [6, 6.07) is 5.08. The van der Waals surface area contributed by atoms with Crippen LogP contribution in [0.25, 0.3) is 0 Å². The highest BCUT2D eigenvalue weighted by molar-refractivity contribution is 5.99. The fourth-order valence-electron chi connectivity index (χ4n) is 4.57. The van der Waals surface area contributed by atoms with Gasteiger partial charge in [-0.25, -0.2) is 9.97 Å². The summed E-state index contributed by atoms with van der Waals surface area (Å²) < 4.78 is 1.70. The molecular weight excluding hydrogens is 294 g/mol. The van der Waals surface area contributed by atoms with Crippen molar-refractivity contribution < 1.29 is 4.79 Å². The molecule has 2 aromatic rings. The largest absolute Gasteiger partial charge is 0.336 e. The first kappa shape index (κ1) is 12.8. The van der Waals surface area contributed by atoms with Gasteiger partial charge >= 0.3 is 0 Å². The molecule has 2 atom stereocenters. The van der Waals surface area contributed by atoms with Crippen LogP contribution in [0, 0.1) is 0 Å². The number of anilines is 2. The molecule has 3 aliphatic rings. The molecule has 2 aliphatic heterocycles. The van der Waals surface area contributed by atoms with Crippen molar-refractivity contribution in [3.63, 3.8) is 0 Å². The zero-order valence-electron chi connectivity index (χ0n) is 12.6. The smallest absolute Gasteiger partial charge is 0.276 e. The molecule has 1 aliphatic carbocycles. The van der Waals surface area contributed by atoms with Crippen molar-refractivity contribution in [3.05, 3.63) is 46.8 Å². The highest BCUT2D eigenvalue weighted by atomic mass is 16.2. The molecule has 0 radical (unpaired) electrons. The van der Waals surface area contributed by atoms with Gasteiger partial charge in [0.15, 0.2) is 0 Å². The molecule has 2 unspecified atom stereocenters. The Morgan fingerprint density at radius 3 is 2.87 bits per heavy atom. The number of rotatable bonds is 2. The summed E-state index contributed by atoms with van der Waals surface area (Å²) in [6.45, 7) is 2.08. The van der Waals surface area contributed by atoms with Gasteiger partial charge in [-0.1, -0.05) is 0 Å². The van der Waals surface area contributed by atoms with Gasteiger partial charge in [0, 0.05) is 6.20 Å². The van der Waals surface area contributed by atoms with E-state index in [4.69, 9.17) is 0 Å². The monoisotopic (exact) mass is 309 g/mol. The minimum Gasteiger partial charge on any atom is -0.336 e. The van der Waals surface area contributed by atoms with Crippen LogP contribution >= 0.6 is 0 Å². The Hall–Kier alpha value is -2.70. The first-order valence-electron chi connectivity index (χ1n) is 7.74. The molecule has 1 N–H and O–H groups in total. The van der Waals surface area contributed by atoms with Crippen LogP contribution in [0.3, 0.4) is 0 Å². The average molecular weight is 309 g/mol. The number of nitrogens with zero attached hydrogens (tertiary/aromatic N) is 4. The van der Waals surface area contributed by atoms with E-state index in [1.54, 1.807) is 29.0 Å². The van der Waals surface area contributed by atoms with E-state index in [-0.39, 0.29) is 17.0 Å². The Morgan fingerprint density at radius 1 is 1.22 bits per heavy atom. The first-order valence-corrected chi connectivity index (χ1v) is 7.74. The number of hydrogen-bond donors (Lipinski definition) is 1. The number of hydrogen-bond acceptors (Lipinski definition) is 5. The topological polar surface area (TPSA) is 79.9 Å². The second kappa shape index (κ2) is 3.79. The van der Waals surface area contributed by atoms with Crippen molar-refractivity contribution >= 4 is 17.4 Å². The number of carbonyl (C=O) groups excluding carboxylic acids is 1. The van der Waals surface area contributed by atoms with Gasteiger partial charge in [0.25, 0.3) is 11.5 Å². The molecule has 1 saturated heterocycles. The Morgan fingerprint density at radius 2 is 2.09 bits per heavy atom. The van der Waals surface area contributed by atoms with Crippen molar-refractivity contribution in [2.24, 2.45) is 0 Å². The second-order valence-corrected chi connectivity index (χ2v) is 6.58. The summed E-state index contributed by atoms with van der Waals surface area (Å²) in [5, 5.41) is 3.03. The fourth-order valence-corrected chi connectivity index (χ4v) is 4.57. The van der Waals surface area contributed by atoms with Gasteiger partial charge in [0.05, 0.1) is 5.54 Å². The van der Waals surface area contributed by atoms with E-state index in [1.165, 1.54) is 6.33 Å². The lowest BCUT2D eigenvalue weighted by Gasteiger charge is -2.17. The van der Waals surface area contributed by atoms with E-state index in [9.17, 15) is 9.59 Å². The Kier molecular flexibility index (Phi) is 2.11. The van der Waals surface area contributed by atoms with Crippen LogP contribution in [0.5, 0.6) is 0 Å². The van der Waals surface area contributed by atoms with Crippen molar-refractivity contribution in [2.45, 2.75) is 37.4 Å². The number of amides is 1. The molecule has 1 spiro atoms. The van der Waals surface area contributed by atoms with Gasteiger partial charge in [0.2, 0.25) is 0 Å². The molecule has 7 heteroatoms. The van der Waals surface area contributed by atoms with Crippen LogP contribution in [-0.4, -0.2) is 30.9 Å². The van der Waals surface area contributed by atoms with Crippen LogP contribution in [-0.2, 0) is 5.66 Å². The van der Waals surface area contributed by atoms with Gasteiger partial charge < -0.3 is 10.2 Å². The predicted octanol–water partition coefficient (Wildman–Crippen LogP) is 1.45. The minimum atomic E-state index is -0.445. The van der Waals surface area contributed by atoms with Gasteiger partial charge in [-0.15, -0.1) is 0 Å². The zero-order chi connectivity index (χ0) is 15.8.